The van der Waals surface area contributed by atoms with Crippen LogP contribution in [-0.4, -0.2) is 16.2 Å². The summed E-state index contributed by atoms with van der Waals surface area (Å²) < 4.78 is 0. The smallest absolute Gasteiger partial charge is 0.101 e. The molecule has 0 bridgehead atoms. The van der Waals surface area contributed by atoms with Gasteiger partial charge >= 0.3 is 0 Å². The molecule has 0 fully saturated rings. The van der Waals surface area contributed by atoms with Crippen LogP contribution in [0.5, 0.6) is 0 Å². The van der Waals surface area contributed by atoms with Gasteiger partial charge in [-0.15, -0.1) is 11.3 Å². The fourth-order valence-electron chi connectivity index (χ4n) is 3.16. The summed E-state index contributed by atoms with van der Waals surface area (Å²) in [6.07, 6.45) is 0. The number of fused-ring (bicyclic) bond motifs is 2. The van der Waals surface area contributed by atoms with E-state index in [9.17, 15) is 0 Å². The molecule has 2 aromatic heterocycles. The first-order valence-electron chi connectivity index (χ1n) is 7.94. The lowest BCUT2D eigenvalue weighted by atomic mass is 9.68. The molecule has 1 aromatic carbocycles. The topological polar surface area (TPSA) is 25.2 Å². The summed E-state index contributed by atoms with van der Waals surface area (Å²) in [6, 6.07) is 14.7. The van der Waals surface area contributed by atoms with Crippen LogP contribution in [0.15, 0.2) is 52.8 Å². The van der Waals surface area contributed by atoms with Gasteiger partial charge in [-0.25, -0.2) is 4.98 Å². The normalized spacial score (nSPS) is 18.5. The number of benzene rings is 1. The van der Waals surface area contributed by atoms with Crippen LogP contribution in [0, 0.1) is 0 Å². The molecule has 0 unspecified atom stereocenters. The third kappa shape index (κ3) is 2.07. The van der Waals surface area contributed by atoms with E-state index >= 15 is 0 Å². The average molecular weight is 320 g/mol. The van der Waals surface area contributed by atoms with Gasteiger partial charge in [0.2, 0.25) is 0 Å². The number of thiophene rings is 1. The molecule has 2 nitrogen and oxygen atoms in total. The summed E-state index contributed by atoms with van der Waals surface area (Å²) in [5, 5.41) is 3.34. The summed E-state index contributed by atoms with van der Waals surface area (Å²) in [5.74, 6) is 0. The molecule has 0 saturated heterocycles. The number of hydrogen-bond donors (Lipinski definition) is 0. The zero-order chi connectivity index (χ0) is 16.2. The van der Waals surface area contributed by atoms with E-state index in [2.05, 4.69) is 63.4 Å². The Labute approximate surface area is 140 Å². The van der Waals surface area contributed by atoms with Crippen LogP contribution < -0.4 is 0 Å². The summed E-state index contributed by atoms with van der Waals surface area (Å²) in [4.78, 5) is 11.2. The number of nitrogens with zero attached hydrogens (tertiary/aromatic N) is 2. The van der Waals surface area contributed by atoms with Crippen LogP contribution in [0.1, 0.15) is 43.8 Å². The van der Waals surface area contributed by atoms with Gasteiger partial charge in [-0.05, 0) is 43.0 Å². The Morgan fingerprint density at radius 1 is 0.913 bits per heavy atom. The third-order valence-electron chi connectivity index (χ3n) is 5.32. The number of rotatable bonds is 1. The average Bonchev–Trinajstić information content (AvgIpc) is 3.01. The number of aromatic nitrogens is 1. The first kappa shape index (κ1) is 14.6. The fraction of sp³-hybridized carbons (Fsp3) is 0.300. The minimum atomic E-state index is -0.163. The molecule has 3 aromatic rings. The van der Waals surface area contributed by atoms with Gasteiger partial charge in [-0.3, -0.25) is 4.99 Å². The van der Waals surface area contributed by atoms with E-state index in [4.69, 9.17) is 9.98 Å². The van der Waals surface area contributed by atoms with Gasteiger partial charge in [0.05, 0.1) is 21.6 Å². The molecule has 3 heteroatoms. The van der Waals surface area contributed by atoms with Crippen LogP contribution in [0.25, 0.3) is 10.9 Å². The van der Waals surface area contributed by atoms with Gasteiger partial charge in [-0.2, -0.15) is 0 Å². The van der Waals surface area contributed by atoms with Crippen molar-refractivity contribution >= 4 is 28.0 Å². The van der Waals surface area contributed by atoms with Crippen LogP contribution in [0.4, 0.5) is 0 Å². The van der Waals surface area contributed by atoms with E-state index in [1.165, 1.54) is 15.8 Å². The minimum Gasteiger partial charge on any atom is -0.275 e. The van der Waals surface area contributed by atoms with E-state index in [1.807, 2.05) is 12.1 Å². The van der Waals surface area contributed by atoms with Gasteiger partial charge < -0.3 is 0 Å². The first-order valence-corrected chi connectivity index (χ1v) is 8.82. The number of hydrogen-bond acceptors (Lipinski definition) is 3. The molecule has 0 N–H and O–H groups in total. The molecule has 0 radical (unpaired) electrons. The Hall–Kier alpha value is -2.00. The third-order valence-corrected chi connectivity index (χ3v) is 6.24. The van der Waals surface area contributed by atoms with Crippen LogP contribution in [-0.2, 0) is 5.41 Å². The van der Waals surface area contributed by atoms with Gasteiger partial charge in [-0.1, -0.05) is 38.1 Å². The first-order chi connectivity index (χ1) is 10.9. The summed E-state index contributed by atoms with van der Waals surface area (Å²) >= 11 is 1.77. The quantitative estimate of drug-likeness (QED) is 0.604. The minimum absolute atomic E-state index is 0.0165. The highest BCUT2D eigenvalue weighted by Crippen LogP contribution is 2.45. The molecule has 116 valence electrons. The van der Waals surface area contributed by atoms with Crippen molar-refractivity contribution in [3.05, 3.63) is 64.0 Å². The molecular formula is C20H20N2S. The molecule has 0 saturated carbocycles. The Morgan fingerprint density at radius 2 is 1.70 bits per heavy atom. The predicted octanol–water partition coefficient (Wildman–Crippen LogP) is 5.20. The van der Waals surface area contributed by atoms with E-state index in [1.54, 1.807) is 11.3 Å². The molecular weight excluding hydrogens is 300 g/mol. The van der Waals surface area contributed by atoms with E-state index in [0.717, 1.165) is 16.9 Å². The van der Waals surface area contributed by atoms with Crippen molar-refractivity contribution in [1.29, 1.82) is 0 Å². The summed E-state index contributed by atoms with van der Waals surface area (Å²) in [7, 11) is 0. The molecule has 0 spiro atoms. The van der Waals surface area contributed by atoms with Crippen LogP contribution >= 0.6 is 11.3 Å². The summed E-state index contributed by atoms with van der Waals surface area (Å²) in [6.45, 7) is 9.00. The number of para-hydroxylation sites is 1. The number of aliphatic imine (C=N–C) groups is 1. The molecule has 1 aliphatic heterocycles. The zero-order valence-electron chi connectivity index (χ0n) is 13.9. The maximum absolute atomic E-state index is 5.12. The highest BCUT2D eigenvalue weighted by Gasteiger charge is 2.44. The SMILES string of the molecule is CC1(C)N=C(c2ccc3ccccc3n2)c2sccc2C1(C)C. The predicted molar refractivity (Wildman–Crippen MR) is 98.8 cm³/mol. The zero-order valence-corrected chi connectivity index (χ0v) is 14.7. The molecule has 3 heterocycles. The maximum atomic E-state index is 5.12. The second-order valence-electron chi connectivity index (χ2n) is 7.20. The molecule has 1 aliphatic rings. The standard InChI is InChI=1S/C20H20N2S/c1-19(2)14-11-12-23-18(14)17(22-20(19,3)4)16-10-9-13-7-5-6-8-15(13)21-16/h5-12H,1-4H3. The molecule has 0 aliphatic carbocycles. The number of pyridine rings is 1. The van der Waals surface area contributed by atoms with Crippen LogP contribution in [0.2, 0.25) is 0 Å². The molecule has 23 heavy (non-hydrogen) atoms. The van der Waals surface area contributed by atoms with Crippen molar-refractivity contribution in [2.75, 3.05) is 0 Å². The van der Waals surface area contributed by atoms with Gasteiger partial charge in [0, 0.05) is 10.8 Å². The van der Waals surface area contributed by atoms with Crippen LogP contribution in [0.3, 0.4) is 0 Å². The second-order valence-corrected chi connectivity index (χ2v) is 8.11. The Bertz CT molecular complexity index is 931. The maximum Gasteiger partial charge on any atom is 0.101 e. The highest BCUT2D eigenvalue weighted by molar-refractivity contribution is 7.12. The van der Waals surface area contributed by atoms with Gasteiger partial charge in [0.1, 0.15) is 5.71 Å². The van der Waals surface area contributed by atoms with Crippen molar-refractivity contribution in [2.24, 2.45) is 4.99 Å². The van der Waals surface area contributed by atoms with Gasteiger partial charge in [0.15, 0.2) is 0 Å². The molecule has 4 rings (SSSR count). The van der Waals surface area contributed by atoms with E-state index in [-0.39, 0.29) is 11.0 Å². The molecule has 0 atom stereocenters. The van der Waals surface area contributed by atoms with Gasteiger partial charge in [0.25, 0.3) is 0 Å². The van der Waals surface area contributed by atoms with E-state index in [0.29, 0.717) is 0 Å². The van der Waals surface area contributed by atoms with E-state index < -0.39 is 0 Å². The second kappa shape index (κ2) is 4.75. The van der Waals surface area contributed by atoms with Crippen molar-refractivity contribution < 1.29 is 0 Å². The lowest BCUT2D eigenvalue weighted by Crippen LogP contribution is -2.45. The summed E-state index contributed by atoms with van der Waals surface area (Å²) in [5.41, 5.74) is 4.26. The monoisotopic (exact) mass is 320 g/mol. The fourth-order valence-corrected chi connectivity index (χ4v) is 4.21. The lowest BCUT2D eigenvalue weighted by Gasteiger charge is -2.42. The van der Waals surface area contributed by atoms with Crippen molar-refractivity contribution in [1.82, 2.24) is 4.98 Å². The Balaban J connectivity index is 1.95. The Morgan fingerprint density at radius 3 is 2.52 bits per heavy atom. The highest BCUT2D eigenvalue weighted by atomic mass is 32.1. The lowest BCUT2D eigenvalue weighted by molar-refractivity contribution is 0.305. The van der Waals surface area contributed by atoms with Crippen molar-refractivity contribution in [2.45, 2.75) is 38.6 Å². The Kier molecular flexibility index (Phi) is 3.01. The molecule has 0 amide bonds. The van der Waals surface area contributed by atoms with Crippen molar-refractivity contribution in [3.63, 3.8) is 0 Å². The largest absolute Gasteiger partial charge is 0.275 e. The van der Waals surface area contributed by atoms with Crippen molar-refractivity contribution in [3.8, 4) is 0 Å².